The number of nitrogens with zero attached hydrogens (tertiary/aromatic N) is 1. The Morgan fingerprint density at radius 1 is 1.22 bits per heavy atom. The molecule has 0 aromatic rings. The van der Waals surface area contributed by atoms with Gasteiger partial charge >= 0.3 is 5.97 Å². The van der Waals surface area contributed by atoms with Crippen molar-refractivity contribution in [2.45, 2.75) is 12.8 Å². The molecule has 0 aromatic carbocycles. The lowest BCUT2D eigenvalue weighted by Crippen LogP contribution is -2.41. The molecule has 0 atom stereocenters. The summed E-state index contributed by atoms with van der Waals surface area (Å²) in [6.45, 7) is 2.55. The maximum absolute atomic E-state index is 11.4. The van der Waals surface area contributed by atoms with E-state index in [2.05, 4.69) is 0 Å². The number of methoxy groups -OCH3 is 1. The van der Waals surface area contributed by atoms with Crippen molar-refractivity contribution in [1.82, 2.24) is 4.90 Å². The summed E-state index contributed by atoms with van der Waals surface area (Å²) in [5.74, 6) is 0.144. The summed E-state index contributed by atoms with van der Waals surface area (Å²) in [5, 5.41) is 0. The molecule has 1 aliphatic heterocycles. The van der Waals surface area contributed by atoms with Crippen LogP contribution in [-0.4, -0.2) is 70.8 Å². The van der Waals surface area contributed by atoms with Gasteiger partial charge in [-0.2, -0.15) is 0 Å². The van der Waals surface area contributed by atoms with Crippen LogP contribution in [0.2, 0.25) is 0 Å². The normalized spacial score (nSPS) is 19.6. The Labute approximate surface area is 108 Å². The molecule has 0 saturated carbocycles. The van der Waals surface area contributed by atoms with Crippen molar-refractivity contribution in [1.29, 1.82) is 0 Å². The summed E-state index contributed by atoms with van der Waals surface area (Å²) < 4.78 is 32.3. The van der Waals surface area contributed by atoms with Gasteiger partial charge in [0, 0.05) is 39.8 Å². The molecule has 6 nitrogen and oxygen atoms in total. The first-order valence-corrected chi connectivity index (χ1v) is 7.93. The number of rotatable bonds is 7. The van der Waals surface area contributed by atoms with Gasteiger partial charge in [-0.1, -0.05) is 0 Å². The third-order valence-corrected chi connectivity index (χ3v) is 4.43. The van der Waals surface area contributed by atoms with E-state index in [-0.39, 0.29) is 17.5 Å². The number of esters is 1. The lowest BCUT2D eigenvalue weighted by atomic mass is 10.3. The lowest BCUT2D eigenvalue weighted by molar-refractivity contribution is -0.144. The molecule has 1 rings (SSSR count). The van der Waals surface area contributed by atoms with Crippen LogP contribution in [-0.2, 0) is 24.1 Å². The van der Waals surface area contributed by atoms with Crippen LogP contribution < -0.4 is 0 Å². The third kappa shape index (κ3) is 6.32. The van der Waals surface area contributed by atoms with Crippen LogP contribution in [0.5, 0.6) is 0 Å². The van der Waals surface area contributed by atoms with Crippen LogP contribution in [0, 0.1) is 0 Å². The number of hydrogen-bond acceptors (Lipinski definition) is 6. The summed E-state index contributed by atoms with van der Waals surface area (Å²) in [4.78, 5) is 13.4. The predicted octanol–water partition coefficient (Wildman–Crippen LogP) is -0.313. The Bertz CT molecular complexity index is 340. The van der Waals surface area contributed by atoms with E-state index in [1.807, 2.05) is 4.90 Å². The second kappa shape index (κ2) is 7.70. The highest BCUT2D eigenvalue weighted by Crippen LogP contribution is 2.04. The van der Waals surface area contributed by atoms with E-state index in [1.54, 1.807) is 7.11 Å². The van der Waals surface area contributed by atoms with Crippen molar-refractivity contribution >= 4 is 15.8 Å². The number of hydrogen-bond donors (Lipinski definition) is 0. The average Bonchev–Trinajstić information content (AvgIpc) is 2.33. The van der Waals surface area contributed by atoms with E-state index >= 15 is 0 Å². The third-order valence-electron chi connectivity index (χ3n) is 2.83. The van der Waals surface area contributed by atoms with E-state index in [4.69, 9.17) is 9.47 Å². The molecule has 18 heavy (non-hydrogen) atoms. The van der Waals surface area contributed by atoms with Gasteiger partial charge in [0.1, 0.15) is 0 Å². The van der Waals surface area contributed by atoms with Crippen LogP contribution in [0.4, 0.5) is 0 Å². The molecule has 0 radical (unpaired) electrons. The molecule has 0 bridgehead atoms. The number of carbonyl (C=O) groups is 1. The summed E-state index contributed by atoms with van der Waals surface area (Å²) in [6, 6.07) is 0. The van der Waals surface area contributed by atoms with Crippen LogP contribution >= 0.6 is 0 Å². The van der Waals surface area contributed by atoms with Crippen molar-refractivity contribution < 1.29 is 22.7 Å². The molecule has 0 aliphatic carbocycles. The Hall–Kier alpha value is -0.660. The quantitative estimate of drug-likeness (QED) is 0.470. The molecule has 0 aromatic heterocycles. The van der Waals surface area contributed by atoms with Crippen molar-refractivity contribution in [2.75, 3.05) is 51.5 Å². The topological polar surface area (TPSA) is 72.9 Å². The van der Waals surface area contributed by atoms with Crippen LogP contribution in [0.15, 0.2) is 0 Å². The first kappa shape index (κ1) is 15.4. The zero-order valence-corrected chi connectivity index (χ0v) is 11.6. The van der Waals surface area contributed by atoms with E-state index < -0.39 is 9.84 Å². The van der Waals surface area contributed by atoms with Crippen LogP contribution in [0.1, 0.15) is 12.8 Å². The Kier molecular flexibility index (Phi) is 6.59. The second-order valence-corrected chi connectivity index (χ2v) is 6.61. The molecule has 0 unspecified atom stereocenters. The molecule has 106 valence electrons. The van der Waals surface area contributed by atoms with Gasteiger partial charge in [0.05, 0.1) is 24.5 Å². The van der Waals surface area contributed by atoms with Gasteiger partial charge in [0.15, 0.2) is 9.84 Å². The zero-order valence-electron chi connectivity index (χ0n) is 10.8. The Morgan fingerprint density at radius 3 is 2.50 bits per heavy atom. The van der Waals surface area contributed by atoms with E-state index in [9.17, 15) is 13.2 Å². The standard InChI is InChI=1S/C11H21NO5S/c1-16-7-2-8-17-11(13)3-4-12-5-9-18(14,15)10-6-12/h2-10H2,1H3. The van der Waals surface area contributed by atoms with Gasteiger partial charge in [0.2, 0.25) is 0 Å². The van der Waals surface area contributed by atoms with Gasteiger partial charge in [0.25, 0.3) is 0 Å². The minimum atomic E-state index is -2.85. The molecule has 0 amide bonds. The molecular formula is C11H21NO5S. The van der Waals surface area contributed by atoms with E-state index in [0.717, 1.165) is 0 Å². The van der Waals surface area contributed by atoms with Gasteiger partial charge in [-0.25, -0.2) is 8.42 Å². The maximum Gasteiger partial charge on any atom is 0.307 e. The van der Waals surface area contributed by atoms with E-state index in [1.165, 1.54) is 0 Å². The number of carbonyl (C=O) groups excluding carboxylic acids is 1. The average molecular weight is 279 g/mol. The summed E-state index contributed by atoms with van der Waals surface area (Å²) in [7, 11) is -1.24. The molecule has 1 saturated heterocycles. The highest BCUT2D eigenvalue weighted by Gasteiger charge is 2.21. The molecule has 1 fully saturated rings. The van der Waals surface area contributed by atoms with Crippen LogP contribution in [0.25, 0.3) is 0 Å². The predicted molar refractivity (Wildman–Crippen MR) is 67.2 cm³/mol. The van der Waals surface area contributed by atoms with Crippen molar-refractivity contribution in [3.63, 3.8) is 0 Å². The molecule has 0 spiro atoms. The summed E-state index contributed by atoms with van der Waals surface area (Å²) in [5.41, 5.74) is 0. The highest BCUT2D eigenvalue weighted by molar-refractivity contribution is 7.91. The molecule has 7 heteroatoms. The highest BCUT2D eigenvalue weighted by atomic mass is 32.2. The molecule has 1 heterocycles. The summed E-state index contributed by atoms with van der Waals surface area (Å²) in [6.07, 6.45) is 1.01. The Balaban J connectivity index is 2.08. The molecule has 1 aliphatic rings. The van der Waals surface area contributed by atoms with Gasteiger partial charge < -0.3 is 14.4 Å². The zero-order chi connectivity index (χ0) is 13.4. The fraction of sp³-hybridized carbons (Fsp3) is 0.909. The maximum atomic E-state index is 11.4. The van der Waals surface area contributed by atoms with Crippen molar-refractivity contribution in [2.24, 2.45) is 0 Å². The second-order valence-electron chi connectivity index (χ2n) is 4.31. The number of ether oxygens (including phenoxy) is 2. The molecular weight excluding hydrogens is 258 g/mol. The van der Waals surface area contributed by atoms with Crippen molar-refractivity contribution in [3.05, 3.63) is 0 Å². The van der Waals surface area contributed by atoms with Gasteiger partial charge in [-0.3, -0.25) is 4.79 Å². The summed E-state index contributed by atoms with van der Waals surface area (Å²) >= 11 is 0. The first-order valence-electron chi connectivity index (χ1n) is 6.11. The largest absolute Gasteiger partial charge is 0.466 e. The first-order chi connectivity index (χ1) is 8.53. The van der Waals surface area contributed by atoms with E-state index in [0.29, 0.717) is 45.7 Å². The van der Waals surface area contributed by atoms with Gasteiger partial charge in [-0.15, -0.1) is 0 Å². The SMILES string of the molecule is COCCCOC(=O)CCN1CCS(=O)(=O)CC1. The Morgan fingerprint density at radius 2 is 1.89 bits per heavy atom. The minimum Gasteiger partial charge on any atom is -0.466 e. The fourth-order valence-corrected chi connectivity index (χ4v) is 2.96. The smallest absolute Gasteiger partial charge is 0.307 e. The lowest BCUT2D eigenvalue weighted by Gasteiger charge is -2.25. The minimum absolute atomic E-state index is 0.190. The molecule has 0 N–H and O–H groups in total. The van der Waals surface area contributed by atoms with Gasteiger partial charge in [-0.05, 0) is 0 Å². The fourth-order valence-electron chi connectivity index (χ4n) is 1.68. The van der Waals surface area contributed by atoms with Crippen LogP contribution in [0.3, 0.4) is 0 Å². The van der Waals surface area contributed by atoms with Crippen molar-refractivity contribution in [3.8, 4) is 0 Å². The monoisotopic (exact) mass is 279 g/mol. The number of sulfone groups is 1.